The molecule has 0 rings (SSSR count). The Hall–Kier alpha value is -1.81. The number of ether oxygens (including phenoxy) is 2. The number of hydrogen-bond donors (Lipinski definition) is 3. The van der Waals surface area contributed by atoms with Crippen LogP contribution in [0.4, 0.5) is 0 Å². The van der Waals surface area contributed by atoms with Gasteiger partial charge in [-0.15, -0.1) is 0 Å². The lowest BCUT2D eigenvalue weighted by Crippen LogP contribution is -2.29. The predicted octanol–water partition coefficient (Wildman–Crippen LogP) is 13.1. The van der Waals surface area contributed by atoms with Crippen LogP contribution in [0.15, 0.2) is 36.5 Å². The number of carbonyl (C=O) groups is 2. The van der Waals surface area contributed by atoms with Crippen molar-refractivity contribution >= 4 is 19.8 Å². The number of aliphatic hydroxyl groups excluding tert-OH is 2. The standard InChI is InChI=1S/C48H89O10P/c1-3-5-7-9-11-13-15-17-19-21-22-24-26-28-30-32-34-36-38-40-48(52)58-46(44-57-59(53,54)56-42-45(50)41-49)43-55-47(51)39-37-35-33-31-29-27-25-23-20-18-16-14-12-10-8-6-4-2/h11,13,17,19,22,24,45-46,49-50H,3-10,12,14-16,18,20-21,23,25-44H2,1-2H3,(H,53,54)/b13-11-,19-17-,24-22-. The number of carbonyl (C=O) groups excluding carboxylic acids is 2. The van der Waals surface area contributed by atoms with Crippen LogP contribution in [0.25, 0.3) is 0 Å². The number of esters is 2. The van der Waals surface area contributed by atoms with Crippen LogP contribution < -0.4 is 0 Å². The predicted molar refractivity (Wildman–Crippen MR) is 242 cm³/mol. The van der Waals surface area contributed by atoms with Gasteiger partial charge in [0, 0.05) is 12.8 Å². The normalized spacial score (nSPS) is 14.1. The summed E-state index contributed by atoms with van der Waals surface area (Å²) in [5, 5.41) is 18.4. The molecule has 0 saturated heterocycles. The lowest BCUT2D eigenvalue weighted by Gasteiger charge is -2.20. The van der Waals surface area contributed by atoms with E-state index in [1.165, 1.54) is 109 Å². The van der Waals surface area contributed by atoms with E-state index < -0.39 is 51.8 Å². The van der Waals surface area contributed by atoms with E-state index in [0.717, 1.165) is 70.6 Å². The first-order chi connectivity index (χ1) is 28.7. The fraction of sp³-hybridized carbons (Fsp3) is 0.833. The summed E-state index contributed by atoms with van der Waals surface area (Å²) in [7, 11) is -4.62. The second kappa shape index (κ2) is 44.3. The second-order valence-electron chi connectivity index (χ2n) is 16.1. The molecule has 0 aliphatic heterocycles. The summed E-state index contributed by atoms with van der Waals surface area (Å²) in [6.07, 6.45) is 46.7. The molecule has 0 bridgehead atoms. The van der Waals surface area contributed by atoms with Crippen molar-refractivity contribution in [3.8, 4) is 0 Å². The van der Waals surface area contributed by atoms with Gasteiger partial charge in [0.2, 0.25) is 0 Å². The second-order valence-corrected chi connectivity index (χ2v) is 17.6. The molecule has 0 aliphatic rings. The number of allylic oxidation sites excluding steroid dienone is 6. The monoisotopic (exact) mass is 857 g/mol. The summed E-state index contributed by atoms with van der Waals surface area (Å²) >= 11 is 0. The maximum absolute atomic E-state index is 12.6. The average molecular weight is 857 g/mol. The van der Waals surface area contributed by atoms with Crippen LogP contribution in [0.2, 0.25) is 0 Å². The van der Waals surface area contributed by atoms with Crippen molar-refractivity contribution in [3.05, 3.63) is 36.5 Å². The van der Waals surface area contributed by atoms with E-state index in [-0.39, 0.29) is 19.4 Å². The summed E-state index contributed by atoms with van der Waals surface area (Å²) in [6, 6.07) is 0. The highest BCUT2D eigenvalue weighted by molar-refractivity contribution is 7.47. The number of phosphoric ester groups is 1. The molecule has 0 aromatic rings. The molecule has 11 heteroatoms. The molecule has 0 heterocycles. The van der Waals surface area contributed by atoms with Crippen molar-refractivity contribution in [2.45, 2.75) is 232 Å². The molecule has 0 aliphatic carbocycles. The lowest BCUT2D eigenvalue weighted by atomic mass is 10.0. The molecular weight excluding hydrogens is 767 g/mol. The summed E-state index contributed by atoms with van der Waals surface area (Å²) in [5.41, 5.74) is 0. The molecule has 3 atom stereocenters. The van der Waals surface area contributed by atoms with Gasteiger partial charge < -0.3 is 24.6 Å². The summed E-state index contributed by atoms with van der Waals surface area (Å²) in [5.74, 6) is -0.931. The van der Waals surface area contributed by atoms with Crippen molar-refractivity contribution in [1.82, 2.24) is 0 Å². The minimum absolute atomic E-state index is 0.171. The highest BCUT2D eigenvalue weighted by Gasteiger charge is 2.27. The summed E-state index contributed by atoms with van der Waals surface area (Å²) in [6.45, 7) is 2.37. The van der Waals surface area contributed by atoms with E-state index in [0.29, 0.717) is 12.8 Å². The average Bonchev–Trinajstić information content (AvgIpc) is 3.22. The molecule has 3 unspecified atom stereocenters. The van der Waals surface area contributed by atoms with Gasteiger partial charge in [0.1, 0.15) is 12.7 Å². The lowest BCUT2D eigenvalue weighted by molar-refractivity contribution is -0.161. The summed E-state index contributed by atoms with van der Waals surface area (Å²) < 4.78 is 32.8. The van der Waals surface area contributed by atoms with E-state index >= 15 is 0 Å². The largest absolute Gasteiger partial charge is 0.472 e. The Morgan fingerprint density at radius 2 is 0.881 bits per heavy atom. The van der Waals surface area contributed by atoms with Crippen LogP contribution in [0.3, 0.4) is 0 Å². The van der Waals surface area contributed by atoms with Crippen LogP contribution in [0, 0.1) is 0 Å². The van der Waals surface area contributed by atoms with Crippen molar-refractivity contribution < 1.29 is 47.8 Å². The van der Waals surface area contributed by atoms with Crippen molar-refractivity contribution in [2.75, 3.05) is 26.4 Å². The Morgan fingerprint density at radius 1 is 0.508 bits per heavy atom. The zero-order chi connectivity index (χ0) is 43.3. The Morgan fingerprint density at radius 3 is 1.36 bits per heavy atom. The van der Waals surface area contributed by atoms with Gasteiger partial charge >= 0.3 is 19.8 Å². The molecule has 59 heavy (non-hydrogen) atoms. The molecule has 0 radical (unpaired) electrons. The Kier molecular flexibility index (Phi) is 42.9. The number of rotatable bonds is 45. The van der Waals surface area contributed by atoms with Gasteiger partial charge in [-0.1, -0.05) is 192 Å². The Balaban J connectivity index is 4.25. The number of unbranched alkanes of at least 4 members (excludes halogenated alkanes) is 25. The van der Waals surface area contributed by atoms with Crippen molar-refractivity contribution in [2.24, 2.45) is 0 Å². The van der Waals surface area contributed by atoms with Crippen molar-refractivity contribution in [3.63, 3.8) is 0 Å². The third-order valence-electron chi connectivity index (χ3n) is 10.3. The zero-order valence-electron chi connectivity index (χ0n) is 37.7. The first kappa shape index (κ1) is 57.2. The highest BCUT2D eigenvalue weighted by Crippen LogP contribution is 2.43. The van der Waals surface area contributed by atoms with Gasteiger partial charge in [-0.25, -0.2) is 4.57 Å². The van der Waals surface area contributed by atoms with E-state index in [2.05, 4.69) is 50.3 Å². The molecule has 10 nitrogen and oxygen atoms in total. The first-order valence-corrected chi connectivity index (χ1v) is 25.4. The van der Waals surface area contributed by atoms with E-state index in [9.17, 15) is 24.2 Å². The molecule has 0 saturated carbocycles. The smallest absolute Gasteiger partial charge is 0.462 e. The molecule has 0 amide bonds. The van der Waals surface area contributed by atoms with Gasteiger partial charge in [0.25, 0.3) is 0 Å². The van der Waals surface area contributed by atoms with Gasteiger partial charge in [-0.3, -0.25) is 18.6 Å². The third kappa shape index (κ3) is 44.1. The van der Waals surface area contributed by atoms with Gasteiger partial charge in [0.15, 0.2) is 6.10 Å². The molecular formula is C48H89O10P. The fourth-order valence-corrected chi connectivity index (χ4v) is 7.38. The van der Waals surface area contributed by atoms with Crippen LogP contribution in [-0.4, -0.2) is 65.7 Å². The quantitative estimate of drug-likeness (QED) is 0.0234. The first-order valence-electron chi connectivity index (χ1n) is 23.9. The van der Waals surface area contributed by atoms with E-state index in [4.69, 9.17) is 23.6 Å². The van der Waals surface area contributed by atoms with E-state index in [1.807, 2.05) is 0 Å². The fourth-order valence-electron chi connectivity index (χ4n) is 6.59. The minimum Gasteiger partial charge on any atom is -0.462 e. The van der Waals surface area contributed by atoms with Crippen molar-refractivity contribution in [1.29, 1.82) is 0 Å². The minimum atomic E-state index is -4.62. The van der Waals surface area contributed by atoms with Gasteiger partial charge in [-0.2, -0.15) is 0 Å². The number of aliphatic hydroxyl groups is 2. The van der Waals surface area contributed by atoms with E-state index in [1.54, 1.807) is 0 Å². The third-order valence-corrected chi connectivity index (χ3v) is 11.2. The molecule has 346 valence electrons. The molecule has 0 aromatic heterocycles. The highest BCUT2D eigenvalue weighted by atomic mass is 31.2. The van der Waals surface area contributed by atoms with Crippen LogP contribution >= 0.6 is 7.82 Å². The van der Waals surface area contributed by atoms with Gasteiger partial charge in [-0.05, 0) is 51.4 Å². The Labute approximate surface area is 361 Å². The van der Waals surface area contributed by atoms with Gasteiger partial charge in [0.05, 0.1) is 19.8 Å². The van der Waals surface area contributed by atoms with Crippen LogP contribution in [-0.2, 0) is 32.7 Å². The molecule has 0 fully saturated rings. The maximum atomic E-state index is 12.6. The topological polar surface area (TPSA) is 149 Å². The zero-order valence-corrected chi connectivity index (χ0v) is 38.6. The molecule has 0 spiro atoms. The molecule has 3 N–H and O–H groups in total. The maximum Gasteiger partial charge on any atom is 0.472 e. The number of phosphoric acid groups is 1. The number of hydrogen-bond acceptors (Lipinski definition) is 9. The van der Waals surface area contributed by atoms with Crippen LogP contribution in [0.5, 0.6) is 0 Å². The summed E-state index contributed by atoms with van der Waals surface area (Å²) in [4.78, 5) is 35.1. The Bertz CT molecular complexity index is 1080. The SMILES string of the molecule is CCCCC/C=C\C/C=C\C/C=C\CCCCCCCCC(=O)OC(COC(=O)CCCCCCCCCCCCCCCCCCC)COP(=O)(O)OCC(O)CO. The molecule has 0 aromatic carbocycles. The van der Waals surface area contributed by atoms with Crippen LogP contribution in [0.1, 0.15) is 219 Å².